The van der Waals surface area contributed by atoms with Crippen LogP contribution < -0.4 is 14.2 Å². The van der Waals surface area contributed by atoms with Gasteiger partial charge in [0.05, 0.1) is 5.69 Å². The lowest BCUT2D eigenvalue weighted by molar-refractivity contribution is 0.160. The van der Waals surface area contributed by atoms with Crippen molar-refractivity contribution < 1.29 is 18.6 Å². The third-order valence-corrected chi connectivity index (χ3v) is 5.36. The number of aromatic nitrogens is 4. The highest BCUT2D eigenvalue weighted by Gasteiger charge is 2.32. The maximum absolute atomic E-state index is 14.5. The van der Waals surface area contributed by atoms with Crippen LogP contribution in [0.3, 0.4) is 0 Å². The van der Waals surface area contributed by atoms with Crippen LogP contribution in [0, 0.1) is 5.82 Å². The molecule has 2 atom stereocenters. The van der Waals surface area contributed by atoms with Gasteiger partial charge in [0.15, 0.2) is 11.6 Å². The number of nitrogens with zero attached hydrogens (tertiary/aromatic N) is 5. The van der Waals surface area contributed by atoms with Gasteiger partial charge in [0.25, 0.3) is 5.88 Å². The SMILES string of the molecule is C[C@H]1C[C@@H](Oc2ccc(-n3cccc3)nn2)CN1Cc1nc2c(cc1F)OCCO2. The van der Waals surface area contributed by atoms with Crippen molar-refractivity contribution in [3.63, 3.8) is 0 Å². The Morgan fingerprint density at radius 2 is 2.00 bits per heavy atom. The first-order chi connectivity index (χ1) is 14.7. The third-order valence-electron chi connectivity index (χ3n) is 5.36. The van der Waals surface area contributed by atoms with E-state index >= 15 is 0 Å². The summed E-state index contributed by atoms with van der Waals surface area (Å²) in [7, 11) is 0. The summed E-state index contributed by atoms with van der Waals surface area (Å²) in [5.74, 6) is 1.54. The van der Waals surface area contributed by atoms with Gasteiger partial charge in [0, 0.05) is 50.1 Å². The van der Waals surface area contributed by atoms with Gasteiger partial charge in [-0.1, -0.05) is 0 Å². The zero-order chi connectivity index (χ0) is 20.5. The van der Waals surface area contributed by atoms with E-state index in [1.54, 1.807) is 0 Å². The molecule has 9 heteroatoms. The van der Waals surface area contributed by atoms with E-state index in [0.29, 0.717) is 49.5 Å². The van der Waals surface area contributed by atoms with Crippen LogP contribution in [0.5, 0.6) is 17.5 Å². The highest BCUT2D eigenvalue weighted by molar-refractivity contribution is 5.36. The van der Waals surface area contributed by atoms with Gasteiger partial charge < -0.3 is 18.8 Å². The minimum absolute atomic E-state index is 0.0491. The molecule has 0 radical (unpaired) electrons. The quantitative estimate of drug-likeness (QED) is 0.639. The molecule has 5 rings (SSSR count). The molecule has 0 amide bonds. The Hall–Kier alpha value is -3.20. The smallest absolute Gasteiger partial charge is 0.257 e. The van der Waals surface area contributed by atoms with Crippen molar-refractivity contribution in [2.75, 3.05) is 19.8 Å². The zero-order valence-electron chi connectivity index (χ0n) is 16.6. The summed E-state index contributed by atoms with van der Waals surface area (Å²) in [6.07, 6.45) is 4.58. The van der Waals surface area contributed by atoms with Crippen LogP contribution in [-0.4, -0.2) is 56.6 Å². The predicted molar refractivity (Wildman–Crippen MR) is 105 cm³/mol. The lowest BCUT2D eigenvalue weighted by Crippen LogP contribution is -2.29. The van der Waals surface area contributed by atoms with Crippen molar-refractivity contribution in [2.45, 2.75) is 32.0 Å². The van der Waals surface area contributed by atoms with Gasteiger partial charge in [-0.25, -0.2) is 9.37 Å². The number of likely N-dealkylation sites (tertiary alicyclic amines) is 1. The Morgan fingerprint density at radius 1 is 1.17 bits per heavy atom. The number of hydrogen-bond donors (Lipinski definition) is 0. The Balaban J connectivity index is 1.23. The molecule has 3 aromatic rings. The second-order valence-corrected chi connectivity index (χ2v) is 7.49. The van der Waals surface area contributed by atoms with Crippen molar-refractivity contribution in [1.29, 1.82) is 0 Å². The first kappa shape index (κ1) is 18.8. The molecule has 0 unspecified atom stereocenters. The number of halogens is 1. The number of hydrogen-bond acceptors (Lipinski definition) is 7. The minimum atomic E-state index is -0.387. The average Bonchev–Trinajstić information content (AvgIpc) is 3.40. The first-order valence-corrected chi connectivity index (χ1v) is 9.98. The van der Waals surface area contributed by atoms with Crippen molar-refractivity contribution in [3.05, 3.63) is 54.2 Å². The van der Waals surface area contributed by atoms with E-state index in [1.807, 2.05) is 41.2 Å². The molecule has 1 fully saturated rings. The molecule has 2 aliphatic rings. The van der Waals surface area contributed by atoms with E-state index < -0.39 is 0 Å². The standard InChI is InChI=1S/C21H22FN5O3/c1-14-10-15(30-20-5-4-19(24-25-20)26-6-2-3-7-26)12-27(14)13-17-16(22)11-18-21(23-17)29-9-8-28-18/h2-7,11,14-15H,8-10,12-13H2,1H3/t14-,15+/m0/s1. The second kappa shape index (κ2) is 7.91. The van der Waals surface area contributed by atoms with Gasteiger partial charge >= 0.3 is 0 Å². The summed E-state index contributed by atoms with van der Waals surface area (Å²) in [5, 5.41) is 8.39. The van der Waals surface area contributed by atoms with Crippen molar-refractivity contribution >= 4 is 0 Å². The summed E-state index contributed by atoms with van der Waals surface area (Å²) in [6.45, 7) is 3.95. The molecular formula is C21H22FN5O3. The van der Waals surface area contributed by atoms with Gasteiger partial charge in [-0.3, -0.25) is 4.90 Å². The molecule has 156 valence electrons. The van der Waals surface area contributed by atoms with E-state index in [1.165, 1.54) is 6.07 Å². The first-order valence-electron chi connectivity index (χ1n) is 9.98. The molecule has 0 bridgehead atoms. The molecule has 0 spiro atoms. The van der Waals surface area contributed by atoms with Crippen LogP contribution in [-0.2, 0) is 6.54 Å². The Kier molecular flexibility index (Phi) is 4.96. The predicted octanol–water partition coefficient (Wildman–Crippen LogP) is 2.61. The van der Waals surface area contributed by atoms with E-state index in [4.69, 9.17) is 14.2 Å². The highest BCUT2D eigenvalue weighted by atomic mass is 19.1. The monoisotopic (exact) mass is 411 g/mol. The summed E-state index contributed by atoms with van der Waals surface area (Å²) in [6, 6.07) is 9.12. The van der Waals surface area contributed by atoms with Gasteiger partial charge in [0.1, 0.15) is 25.1 Å². The molecule has 0 N–H and O–H groups in total. The van der Waals surface area contributed by atoms with E-state index in [0.717, 1.165) is 12.2 Å². The van der Waals surface area contributed by atoms with Crippen molar-refractivity contribution in [3.8, 4) is 23.3 Å². The minimum Gasteiger partial charge on any atom is -0.484 e. The Bertz CT molecular complexity index is 1010. The maximum Gasteiger partial charge on any atom is 0.257 e. The fraction of sp³-hybridized carbons (Fsp3) is 0.381. The zero-order valence-corrected chi connectivity index (χ0v) is 16.6. The molecule has 0 aliphatic carbocycles. The van der Waals surface area contributed by atoms with Crippen molar-refractivity contribution in [2.24, 2.45) is 0 Å². The van der Waals surface area contributed by atoms with Gasteiger partial charge in [-0.2, -0.15) is 0 Å². The highest BCUT2D eigenvalue weighted by Crippen LogP contribution is 2.31. The molecule has 2 aliphatic heterocycles. The summed E-state index contributed by atoms with van der Waals surface area (Å²) >= 11 is 0. The van der Waals surface area contributed by atoms with Crippen LogP contribution >= 0.6 is 0 Å². The largest absolute Gasteiger partial charge is 0.484 e. The lowest BCUT2D eigenvalue weighted by atomic mass is 10.2. The third kappa shape index (κ3) is 3.80. The van der Waals surface area contributed by atoms with E-state index in [9.17, 15) is 4.39 Å². The van der Waals surface area contributed by atoms with E-state index in [-0.39, 0.29) is 18.0 Å². The molecular weight excluding hydrogens is 389 g/mol. The van der Waals surface area contributed by atoms with Gasteiger partial charge in [-0.05, 0) is 25.1 Å². The molecule has 3 aromatic heterocycles. The molecule has 8 nitrogen and oxygen atoms in total. The van der Waals surface area contributed by atoms with Crippen LogP contribution in [0.1, 0.15) is 19.0 Å². The van der Waals surface area contributed by atoms with Gasteiger partial charge in [-0.15, -0.1) is 10.2 Å². The van der Waals surface area contributed by atoms with Crippen molar-refractivity contribution in [1.82, 2.24) is 24.6 Å². The fourth-order valence-electron chi connectivity index (χ4n) is 3.81. The van der Waals surface area contributed by atoms with Crippen LogP contribution in [0.15, 0.2) is 42.7 Å². The summed E-state index contributed by atoms with van der Waals surface area (Å²) in [4.78, 5) is 6.47. The van der Waals surface area contributed by atoms with Crippen LogP contribution in [0.2, 0.25) is 0 Å². The number of fused-ring (bicyclic) bond motifs is 1. The lowest BCUT2D eigenvalue weighted by Gasteiger charge is -2.22. The van der Waals surface area contributed by atoms with Crippen LogP contribution in [0.25, 0.3) is 5.82 Å². The topological polar surface area (TPSA) is 74.5 Å². The summed E-state index contributed by atoms with van der Waals surface area (Å²) < 4.78 is 33.3. The Labute approximate surface area is 173 Å². The Morgan fingerprint density at radius 3 is 2.80 bits per heavy atom. The molecule has 0 aromatic carbocycles. The number of rotatable bonds is 5. The van der Waals surface area contributed by atoms with Gasteiger partial charge in [0.2, 0.25) is 5.88 Å². The fourth-order valence-corrected chi connectivity index (χ4v) is 3.81. The molecule has 5 heterocycles. The molecule has 0 saturated carbocycles. The maximum atomic E-state index is 14.5. The molecule has 1 saturated heterocycles. The summed E-state index contributed by atoms with van der Waals surface area (Å²) in [5.41, 5.74) is 0.350. The van der Waals surface area contributed by atoms with Crippen LogP contribution in [0.4, 0.5) is 4.39 Å². The van der Waals surface area contributed by atoms with E-state index in [2.05, 4.69) is 27.0 Å². The normalized spacial score (nSPS) is 21.0. The average molecular weight is 411 g/mol. The number of ether oxygens (including phenoxy) is 3. The number of pyridine rings is 1. The molecule has 30 heavy (non-hydrogen) atoms. The second-order valence-electron chi connectivity index (χ2n) is 7.49.